The number of likely N-dealkylation sites (tertiary alicyclic amines) is 1. The van der Waals surface area contributed by atoms with E-state index in [0.717, 1.165) is 0 Å². The third kappa shape index (κ3) is 6.63. The van der Waals surface area contributed by atoms with Crippen molar-refractivity contribution in [2.45, 2.75) is 33.2 Å². The highest BCUT2D eigenvalue weighted by Gasteiger charge is 2.27. The number of piperidine rings is 1. The number of anilines is 1. The quantitative estimate of drug-likeness (QED) is 0.411. The smallest absolute Gasteiger partial charge is 0.253 e. The fourth-order valence-electron chi connectivity index (χ4n) is 4.06. The highest BCUT2D eigenvalue weighted by Crippen LogP contribution is 2.29. The van der Waals surface area contributed by atoms with Crippen molar-refractivity contribution in [3.63, 3.8) is 0 Å². The molecule has 3 aromatic rings. The van der Waals surface area contributed by atoms with E-state index >= 15 is 0 Å². The zero-order valence-electron chi connectivity index (χ0n) is 20.3. The molecule has 0 atom stereocenters. The third-order valence-electron chi connectivity index (χ3n) is 6.06. The van der Waals surface area contributed by atoms with Crippen molar-refractivity contribution in [3.05, 3.63) is 64.0 Å². The number of carbonyl (C=O) groups is 2. The number of nitrogens with one attached hydrogen (secondary N) is 2. The van der Waals surface area contributed by atoms with Crippen LogP contribution in [-0.4, -0.2) is 46.5 Å². The van der Waals surface area contributed by atoms with Crippen LogP contribution in [0.3, 0.4) is 0 Å². The summed E-state index contributed by atoms with van der Waals surface area (Å²) in [6.07, 6.45) is 1.38. The Bertz CT molecular complexity index is 1220. The molecule has 2 amide bonds. The molecule has 2 aromatic carbocycles. The van der Waals surface area contributed by atoms with Gasteiger partial charge in [0.2, 0.25) is 17.6 Å². The summed E-state index contributed by atoms with van der Waals surface area (Å²) in [6, 6.07) is 12.2. The molecular formula is C26H29Cl2N5O3. The lowest BCUT2D eigenvalue weighted by Gasteiger charge is -2.30. The van der Waals surface area contributed by atoms with Crippen molar-refractivity contribution >= 4 is 40.7 Å². The highest BCUT2D eigenvalue weighted by molar-refractivity contribution is 6.36. The predicted octanol–water partition coefficient (Wildman–Crippen LogP) is 5.28. The Balaban J connectivity index is 1.30. The highest BCUT2D eigenvalue weighted by atomic mass is 35.5. The van der Waals surface area contributed by atoms with E-state index in [1.807, 2.05) is 19.9 Å². The molecule has 0 unspecified atom stereocenters. The van der Waals surface area contributed by atoms with Gasteiger partial charge in [-0.05, 0) is 62.2 Å². The van der Waals surface area contributed by atoms with Gasteiger partial charge in [0.05, 0.1) is 22.8 Å². The maximum atomic E-state index is 13.0. The predicted molar refractivity (Wildman–Crippen MR) is 140 cm³/mol. The van der Waals surface area contributed by atoms with E-state index in [-0.39, 0.29) is 17.7 Å². The molecule has 10 heteroatoms. The second-order valence-corrected chi connectivity index (χ2v) is 10.2. The summed E-state index contributed by atoms with van der Waals surface area (Å²) >= 11 is 12.2. The topological polar surface area (TPSA) is 100 Å². The molecule has 2 heterocycles. The summed E-state index contributed by atoms with van der Waals surface area (Å²) < 4.78 is 5.42. The molecule has 8 nitrogen and oxygen atoms in total. The van der Waals surface area contributed by atoms with Crippen LogP contribution in [0.4, 0.5) is 5.69 Å². The van der Waals surface area contributed by atoms with E-state index in [1.54, 1.807) is 36.4 Å². The van der Waals surface area contributed by atoms with Crippen LogP contribution in [0.2, 0.25) is 10.0 Å². The fraction of sp³-hybridized carbons (Fsp3) is 0.385. The van der Waals surface area contributed by atoms with Crippen LogP contribution in [-0.2, 0) is 11.3 Å². The van der Waals surface area contributed by atoms with Crippen molar-refractivity contribution in [2.24, 2.45) is 11.8 Å². The van der Waals surface area contributed by atoms with Gasteiger partial charge >= 0.3 is 0 Å². The second-order valence-electron chi connectivity index (χ2n) is 9.33. The summed E-state index contributed by atoms with van der Waals surface area (Å²) in [7, 11) is 0. The van der Waals surface area contributed by atoms with Gasteiger partial charge in [-0.3, -0.25) is 14.5 Å². The maximum Gasteiger partial charge on any atom is 0.253 e. The number of para-hydroxylation sites is 1. The molecule has 36 heavy (non-hydrogen) atoms. The van der Waals surface area contributed by atoms with Crippen LogP contribution in [0.15, 0.2) is 47.0 Å². The van der Waals surface area contributed by atoms with Crippen LogP contribution >= 0.6 is 23.2 Å². The Morgan fingerprint density at radius 3 is 2.61 bits per heavy atom. The second kappa shape index (κ2) is 11.9. The number of carbonyl (C=O) groups excluding carboxylic acids is 2. The lowest BCUT2D eigenvalue weighted by molar-refractivity contribution is -0.121. The number of halogens is 2. The van der Waals surface area contributed by atoms with Gasteiger partial charge in [-0.25, -0.2) is 0 Å². The molecular weight excluding hydrogens is 501 g/mol. The summed E-state index contributed by atoms with van der Waals surface area (Å²) in [4.78, 5) is 32.2. The van der Waals surface area contributed by atoms with Gasteiger partial charge in [-0.1, -0.05) is 54.3 Å². The minimum atomic E-state index is -0.187. The molecule has 1 aromatic heterocycles. The van der Waals surface area contributed by atoms with Gasteiger partial charge in [0.1, 0.15) is 0 Å². The molecule has 1 fully saturated rings. The number of benzene rings is 2. The molecule has 1 aliphatic heterocycles. The normalized spacial score (nSPS) is 14.7. The monoisotopic (exact) mass is 529 g/mol. The van der Waals surface area contributed by atoms with E-state index in [4.69, 9.17) is 27.7 Å². The van der Waals surface area contributed by atoms with Crippen molar-refractivity contribution < 1.29 is 14.1 Å². The zero-order valence-corrected chi connectivity index (χ0v) is 21.8. The Labute approximate surface area is 220 Å². The van der Waals surface area contributed by atoms with E-state index in [0.29, 0.717) is 83.5 Å². The molecule has 1 saturated heterocycles. The van der Waals surface area contributed by atoms with Gasteiger partial charge in [0.25, 0.3) is 5.91 Å². The van der Waals surface area contributed by atoms with Crippen molar-refractivity contribution in [1.82, 2.24) is 20.4 Å². The molecule has 0 spiro atoms. The lowest BCUT2D eigenvalue weighted by Crippen LogP contribution is -2.38. The third-order valence-corrected chi connectivity index (χ3v) is 6.61. The number of amides is 2. The molecule has 0 bridgehead atoms. The number of rotatable bonds is 8. The van der Waals surface area contributed by atoms with Crippen molar-refractivity contribution in [2.75, 3.05) is 25.0 Å². The average molecular weight is 530 g/mol. The van der Waals surface area contributed by atoms with E-state index in [2.05, 4.69) is 25.7 Å². The summed E-state index contributed by atoms with van der Waals surface area (Å²) in [5.41, 5.74) is 1.66. The first-order valence-electron chi connectivity index (χ1n) is 12.0. The van der Waals surface area contributed by atoms with E-state index in [9.17, 15) is 9.59 Å². The van der Waals surface area contributed by atoms with Crippen molar-refractivity contribution in [3.8, 4) is 11.4 Å². The first kappa shape index (κ1) is 26.1. The van der Waals surface area contributed by atoms with Crippen LogP contribution in [0.5, 0.6) is 0 Å². The molecule has 0 saturated carbocycles. The minimum absolute atomic E-state index is 0.0729. The fourth-order valence-corrected chi connectivity index (χ4v) is 4.55. The minimum Gasteiger partial charge on any atom is -0.352 e. The summed E-state index contributed by atoms with van der Waals surface area (Å²) in [5, 5.41) is 10.9. The Hall–Kier alpha value is -2.94. The van der Waals surface area contributed by atoms with Gasteiger partial charge in [-0.2, -0.15) is 4.98 Å². The Kier molecular flexibility index (Phi) is 8.61. The van der Waals surface area contributed by atoms with Crippen LogP contribution < -0.4 is 10.6 Å². The molecule has 0 aliphatic carbocycles. The number of hydrogen-bond acceptors (Lipinski definition) is 6. The van der Waals surface area contributed by atoms with Crippen LogP contribution in [0.1, 0.15) is 42.9 Å². The lowest BCUT2D eigenvalue weighted by atomic mass is 9.95. The summed E-state index contributed by atoms with van der Waals surface area (Å²) in [5.74, 6) is 0.843. The van der Waals surface area contributed by atoms with Gasteiger partial charge in [0.15, 0.2) is 0 Å². The molecule has 2 N–H and O–H groups in total. The SMILES string of the molecule is CC(C)CNC(=O)c1ccccc1NC(=O)C1CCN(Cc2nc(-c3ccc(Cl)cc3Cl)no2)CC1. The molecule has 1 aliphatic rings. The number of nitrogens with zero attached hydrogens (tertiary/aromatic N) is 3. The molecule has 190 valence electrons. The van der Waals surface area contributed by atoms with E-state index in [1.165, 1.54) is 0 Å². The Morgan fingerprint density at radius 1 is 1.14 bits per heavy atom. The maximum absolute atomic E-state index is 13.0. The summed E-state index contributed by atoms with van der Waals surface area (Å²) in [6.45, 7) is 6.57. The van der Waals surface area contributed by atoms with Gasteiger partial charge in [-0.15, -0.1) is 0 Å². The first-order chi connectivity index (χ1) is 17.3. The van der Waals surface area contributed by atoms with Crippen molar-refractivity contribution in [1.29, 1.82) is 0 Å². The standard InChI is InChI=1S/C26H29Cl2N5O3/c1-16(2)14-29-26(35)20-5-3-4-6-22(20)30-25(34)17-9-11-33(12-10-17)15-23-31-24(32-36-23)19-8-7-18(27)13-21(19)28/h3-8,13,16-17H,9-12,14-15H2,1-2H3,(H,29,35)(H,30,34). The van der Waals surface area contributed by atoms with Crippen LogP contribution in [0.25, 0.3) is 11.4 Å². The van der Waals surface area contributed by atoms with E-state index < -0.39 is 0 Å². The molecule has 4 rings (SSSR count). The number of hydrogen-bond donors (Lipinski definition) is 2. The number of aromatic nitrogens is 2. The largest absolute Gasteiger partial charge is 0.352 e. The zero-order chi connectivity index (χ0) is 25.7. The first-order valence-corrected chi connectivity index (χ1v) is 12.7. The molecule has 0 radical (unpaired) electrons. The van der Waals surface area contributed by atoms with Crippen LogP contribution in [0, 0.1) is 11.8 Å². The Morgan fingerprint density at radius 2 is 1.89 bits per heavy atom. The van der Waals surface area contributed by atoms with Gasteiger partial charge in [0, 0.05) is 23.0 Å². The van der Waals surface area contributed by atoms with Gasteiger partial charge < -0.3 is 15.2 Å². The average Bonchev–Trinajstić information content (AvgIpc) is 3.31.